The van der Waals surface area contributed by atoms with E-state index >= 15 is 0 Å². The number of rotatable bonds is 2. The number of hydrogen-bond acceptors (Lipinski definition) is 3. The zero-order valence-corrected chi connectivity index (χ0v) is 12.7. The Morgan fingerprint density at radius 2 is 1.86 bits per heavy atom. The Morgan fingerprint density at radius 1 is 1.10 bits per heavy atom. The average molecular weight is 290 g/mol. The fraction of sp³-hybridized carbons (Fsp3) is 0.111. The molecule has 3 aromatic rings. The molecule has 0 saturated carbocycles. The molecule has 0 fully saturated rings. The number of hydrogen-bond donors (Lipinski definition) is 0. The molecule has 0 saturated heterocycles. The number of nitrogens with zero attached hydrogens (tertiary/aromatic N) is 2. The Balaban J connectivity index is 2.07. The van der Waals surface area contributed by atoms with Gasteiger partial charge in [0.25, 0.3) is 0 Å². The molecule has 102 valence electrons. The van der Waals surface area contributed by atoms with Gasteiger partial charge in [-0.2, -0.15) is 5.26 Å². The lowest BCUT2D eigenvalue weighted by Crippen LogP contribution is -1.83. The number of thiophene rings is 1. The van der Waals surface area contributed by atoms with Crippen LogP contribution in [0.25, 0.3) is 10.8 Å². The molecule has 0 aliphatic carbocycles. The summed E-state index contributed by atoms with van der Waals surface area (Å²) in [5.41, 5.74) is 2.79. The Hall–Kier alpha value is -2.44. The number of aryl methyl sites for hydroxylation is 1. The molecule has 1 heterocycles. The van der Waals surface area contributed by atoms with E-state index < -0.39 is 0 Å². The van der Waals surface area contributed by atoms with Crippen LogP contribution in [-0.2, 0) is 0 Å². The summed E-state index contributed by atoms with van der Waals surface area (Å²) in [7, 11) is 0. The van der Waals surface area contributed by atoms with Crippen molar-refractivity contribution in [1.29, 1.82) is 5.26 Å². The summed E-state index contributed by atoms with van der Waals surface area (Å²) in [6.45, 7) is 4.00. The largest absolute Gasteiger partial charge is 0.244 e. The Kier molecular flexibility index (Phi) is 3.55. The van der Waals surface area contributed by atoms with Crippen LogP contribution in [0, 0.1) is 25.2 Å². The summed E-state index contributed by atoms with van der Waals surface area (Å²) in [4.78, 5) is 5.70. The first-order valence-corrected chi connectivity index (χ1v) is 7.54. The molecule has 3 heteroatoms. The van der Waals surface area contributed by atoms with Crippen molar-refractivity contribution in [2.45, 2.75) is 13.8 Å². The molecule has 3 rings (SSSR count). The third-order valence-electron chi connectivity index (χ3n) is 3.62. The molecular weight excluding hydrogens is 276 g/mol. The molecule has 0 atom stereocenters. The van der Waals surface area contributed by atoms with Crippen LogP contribution in [0.1, 0.15) is 21.6 Å². The maximum Gasteiger partial charge on any atom is 0.134 e. The van der Waals surface area contributed by atoms with E-state index in [9.17, 15) is 5.26 Å². The van der Waals surface area contributed by atoms with Gasteiger partial charge in [-0.15, -0.1) is 11.3 Å². The van der Waals surface area contributed by atoms with Gasteiger partial charge in [0, 0.05) is 16.7 Å². The fourth-order valence-corrected chi connectivity index (χ4v) is 3.27. The highest BCUT2D eigenvalue weighted by atomic mass is 32.1. The molecule has 0 unspecified atom stereocenters. The minimum absolute atomic E-state index is 0.689. The van der Waals surface area contributed by atoms with E-state index in [-0.39, 0.29) is 0 Å². The first kappa shape index (κ1) is 13.5. The van der Waals surface area contributed by atoms with Crippen molar-refractivity contribution in [2.24, 2.45) is 4.99 Å². The summed E-state index contributed by atoms with van der Waals surface area (Å²) >= 11 is 1.57. The third-order valence-corrected chi connectivity index (χ3v) is 4.74. The summed E-state index contributed by atoms with van der Waals surface area (Å²) in [6, 6.07) is 16.7. The van der Waals surface area contributed by atoms with Crippen molar-refractivity contribution < 1.29 is 0 Å². The molecule has 2 aromatic carbocycles. The first-order valence-electron chi connectivity index (χ1n) is 6.72. The molecule has 0 bridgehead atoms. The monoisotopic (exact) mass is 290 g/mol. The van der Waals surface area contributed by atoms with E-state index in [1.165, 1.54) is 10.8 Å². The number of aliphatic imine (C=N–C) groups is 1. The normalized spacial score (nSPS) is 11.1. The highest BCUT2D eigenvalue weighted by molar-refractivity contribution is 7.16. The third kappa shape index (κ3) is 2.46. The lowest BCUT2D eigenvalue weighted by Gasteiger charge is -2.00. The summed E-state index contributed by atoms with van der Waals surface area (Å²) < 4.78 is 0. The number of nitriles is 1. The van der Waals surface area contributed by atoms with Gasteiger partial charge in [0.1, 0.15) is 11.1 Å². The maximum absolute atomic E-state index is 9.26. The molecule has 1 aromatic heterocycles. The lowest BCUT2D eigenvalue weighted by molar-refractivity contribution is 1.38. The van der Waals surface area contributed by atoms with Gasteiger partial charge in [-0.3, -0.25) is 0 Å². The van der Waals surface area contributed by atoms with Crippen molar-refractivity contribution >= 4 is 33.3 Å². The second kappa shape index (κ2) is 5.51. The molecule has 0 aliphatic rings. The van der Waals surface area contributed by atoms with Crippen LogP contribution in [0.4, 0.5) is 5.00 Å². The highest BCUT2D eigenvalue weighted by Crippen LogP contribution is 2.34. The van der Waals surface area contributed by atoms with Gasteiger partial charge in [-0.05, 0) is 30.2 Å². The van der Waals surface area contributed by atoms with E-state index in [2.05, 4.69) is 29.3 Å². The Bertz CT molecular complexity index is 877. The number of benzene rings is 2. The predicted octanol–water partition coefficient (Wildman–Crippen LogP) is 5.14. The van der Waals surface area contributed by atoms with Crippen molar-refractivity contribution in [1.82, 2.24) is 0 Å². The molecule has 0 N–H and O–H groups in total. The van der Waals surface area contributed by atoms with E-state index in [0.29, 0.717) is 5.56 Å². The van der Waals surface area contributed by atoms with Gasteiger partial charge in [-0.1, -0.05) is 42.5 Å². The van der Waals surface area contributed by atoms with Crippen LogP contribution in [0.5, 0.6) is 0 Å². The van der Waals surface area contributed by atoms with Gasteiger partial charge in [0.2, 0.25) is 0 Å². The standard InChI is InChI=1S/C18H14N2S/c1-12-13(2)21-18(17(12)10-19)20-11-15-8-5-7-14-6-3-4-9-16(14)15/h3-9,11H,1-2H3. The zero-order valence-electron chi connectivity index (χ0n) is 11.9. The van der Waals surface area contributed by atoms with Gasteiger partial charge < -0.3 is 0 Å². The van der Waals surface area contributed by atoms with E-state index in [1.807, 2.05) is 44.3 Å². The first-order chi connectivity index (χ1) is 10.2. The van der Waals surface area contributed by atoms with Crippen LogP contribution in [0.15, 0.2) is 47.5 Å². The van der Waals surface area contributed by atoms with Crippen LogP contribution >= 0.6 is 11.3 Å². The quantitative estimate of drug-likeness (QED) is 0.602. The van der Waals surface area contributed by atoms with E-state index in [4.69, 9.17) is 0 Å². The van der Waals surface area contributed by atoms with Gasteiger partial charge in [-0.25, -0.2) is 4.99 Å². The van der Waals surface area contributed by atoms with E-state index in [0.717, 1.165) is 21.0 Å². The Morgan fingerprint density at radius 3 is 2.67 bits per heavy atom. The molecule has 2 nitrogen and oxygen atoms in total. The van der Waals surface area contributed by atoms with Crippen LogP contribution < -0.4 is 0 Å². The SMILES string of the molecule is Cc1sc(N=Cc2cccc3ccccc23)c(C#N)c1C. The predicted molar refractivity (Wildman–Crippen MR) is 89.7 cm³/mol. The van der Waals surface area contributed by atoms with Crippen molar-refractivity contribution in [3.8, 4) is 6.07 Å². The van der Waals surface area contributed by atoms with Crippen molar-refractivity contribution in [3.63, 3.8) is 0 Å². The number of fused-ring (bicyclic) bond motifs is 1. The van der Waals surface area contributed by atoms with Crippen LogP contribution in [0.2, 0.25) is 0 Å². The molecule has 21 heavy (non-hydrogen) atoms. The second-order valence-electron chi connectivity index (χ2n) is 4.90. The minimum atomic E-state index is 0.689. The molecule has 0 spiro atoms. The summed E-state index contributed by atoms with van der Waals surface area (Å²) in [5.74, 6) is 0. The maximum atomic E-state index is 9.26. The summed E-state index contributed by atoms with van der Waals surface area (Å²) in [6.07, 6.45) is 1.86. The van der Waals surface area contributed by atoms with Gasteiger partial charge >= 0.3 is 0 Å². The van der Waals surface area contributed by atoms with Gasteiger partial charge in [0.15, 0.2) is 0 Å². The minimum Gasteiger partial charge on any atom is -0.244 e. The van der Waals surface area contributed by atoms with Crippen LogP contribution in [0.3, 0.4) is 0 Å². The van der Waals surface area contributed by atoms with Crippen molar-refractivity contribution in [3.05, 3.63) is 64.0 Å². The molecule has 0 radical (unpaired) electrons. The lowest BCUT2D eigenvalue weighted by atomic mass is 10.1. The smallest absolute Gasteiger partial charge is 0.134 e. The topological polar surface area (TPSA) is 36.1 Å². The zero-order chi connectivity index (χ0) is 14.8. The summed E-state index contributed by atoms with van der Waals surface area (Å²) in [5, 5.41) is 12.4. The van der Waals surface area contributed by atoms with Gasteiger partial charge in [0.05, 0.1) is 5.56 Å². The molecule has 0 amide bonds. The molecular formula is C18H14N2S. The fourth-order valence-electron chi connectivity index (χ4n) is 2.32. The van der Waals surface area contributed by atoms with E-state index in [1.54, 1.807) is 11.3 Å². The second-order valence-corrected chi connectivity index (χ2v) is 6.10. The average Bonchev–Trinajstić information content (AvgIpc) is 2.79. The highest BCUT2D eigenvalue weighted by Gasteiger charge is 2.10. The molecule has 0 aliphatic heterocycles. The Labute approximate surface area is 128 Å². The van der Waals surface area contributed by atoms with Crippen molar-refractivity contribution in [2.75, 3.05) is 0 Å². The van der Waals surface area contributed by atoms with Crippen LogP contribution in [-0.4, -0.2) is 6.21 Å².